The van der Waals surface area contributed by atoms with Crippen LogP contribution in [0, 0.1) is 0 Å². The smallest absolute Gasteiger partial charge is 0.358 e. The monoisotopic (exact) mass is 209 g/mol. The van der Waals surface area contributed by atoms with Crippen molar-refractivity contribution in [3.05, 3.63) is 18.1 Å². The van der Waals surface area contributed by atoms with Gasteiger partial charge in [-0.15, -0.1) is 0 Å². The molecule has 1 aromatic rings. The van der Waals surface area contributed by atoms with Crippen LogP contribution in [0.1, 0.15) is 10.5 Å². The first-order chi connectivity index (χ1) is 7.20. The zero-order valence-electron chi connectivity index (χ0n) is 8.25. The number of rotatable bonds is 2. The van der Waals surface area contributed by atoms with Crippen LogP contribution in [0.15, 0.2) is 12.4 Å². The Kier molecular flexibility index (Phi) is 2.51. The number of anilines is 1. The van der Waals surface area contributed by atoms with Crippen molar-refractivity contribution in [1.82, 2.24) is 9.97 Å². The van der Waals surface area contributed by atoms with Crippen LogP contribution in [-0.4, -0.2) is 47.3 Å². The van der Waals surface area contributed by atoms with E-state index in [9.17, 15) is 4.79 Å². The van der Waals surface area contributed by atoms with Crippen molar-refractivity contribution < 1.29 is 14.6 Å². The van der Waals surface area contributed by atoms with Gasteiger partial charge in [-0.2, -0.15) is 0 Å². The van der Waals surface area contributed by atoms with Crippen molar-refractivity contribution in [2.45, 2.75) is 6.10 Å². The van der Waals surface area contributed by atoms with Crippen LogP contribution in [0.5, 0.6) is 0 Å². The molecule has 80 valence electrons. The number of aliphatic hydroxyl groups is 1. The molecule has 0 radical (unpaired) electrons. The molecule has 1 aliphatic heterocycles. The topological polar surface area (TPSA) is 75.5 Å². The fourth-order valence-corrected chi connectivity index (χ4v) is 1.34. The maximum Gasteiger partial charge on any atom is 0.358 e. The van der Waals surface area contributed by atoms with Gasteiger partial charge in [0.05, 0.1) is 25.6 Å². The van der Waals surface area contributed by atoms with E-state index < -0.39 is 5.97 Å². The number of hydrogen-bond donors (Lipinski definition) is 1. The molecule has 0 aromatic carbocycles. The number of esters is 1. The molecule has 15 heavy (non-hydrogen) atoms. The van der Waals surface area contributed by atoms with Crippen molar-refractivity contribution in [3.63, 3.8) is 0 Å². The zero-order valence-corrected chi connectivity index (χ0v) is 8.25. The van der Waals surface area contributed by atoms with E-state index in [1.54, 1.807) is 0 Å². The predicted octanol–water partition coefficient (Wildman–Crippen LogP) is -0.556. The molecule has 1 N–H and O–H groups in total. The third-order valence-electron chi connectivity index (χ3n) is 2.22. The summed E-state index contributed by atoms with van der Waals surface area (Å²) >= 11 is 0. The number of aliphatic hydroxyl groups excluding tert-OH is 1. The molecule has 6 nitrogen and oxygen atoms in total. The summed E-state index contributed by atoms with van der Waals surface area (Å²) in [5.41, 5.74) is 0.183. The van der Waals surface area contributed by atoms with Gasteiger partial charge in [0.15, 0.2) is 5.69 Å². The highest BCUT2D eigenvalue weighted by Gasteiger charge is 2.25. The normalized spacial score (nSPS) is 16.0. The minimum absolute atomic E-state index is 0.183. The molecule has 0 unspecified atom stereocenters. The number of β-amino-alcohol motifs (C(OH)–C–C–N with tert-alkyl or cyclic N) is 1. The number of methoxy groups -OCH3 is 1. The zero-order chi connectivity index (χ0) is 10.8. The lowest BCUT2D eigenvalue weighted by Gasteiger charge is -2.36. The summed E-state index contributed by atoms with van der Waals surface area (Å²) in [6.45, 7) is 1.12. The molecule has 0 aliphatic carbocycles. The fraction of sp³-hybridized carbons (Fsp3) is 0.444. The van der Waals surface area contributed by atoms with Gasteiger partial charge in [0.25, 0.3) is 0 Å². The SMILES string of the molecule is COC(=O)c1cnc(N2CC(O)C2)cn1. The molecule has 6 heteroatoms. The van der Waals surface area contributed by atoms with E-state index in [2.05, 4.69) is 14.7 Å². The third kappa shape index (κ3) is 1.89. The Hall–Kier alpha value is -1.69. The lowest BCUT2D eigenvalue weighted by Crippen LogP contribution is -2.51. The second kappa shape index (κ2) is 3.82. The molecule has 2 heterocycles. The van der Waals surface area contributed by atoms with Crippen molar-refractivity contribution in [1.29, 1.82) is 0 Å². The quantitative estimate of drug-likeness (QED) is 0.658. The highest BCUT2D eigenvalue weighted by atomic mass is 16.5. The first-order valence-electron chi connectivity index (χ1n) is 4.54. The molecule has 1 saturated heterocycles. The molecule has 0 spiro atoms. The van der Waals surface area contributed by atoms with Crippen LogP contribution in [0.25, 0.3) is 0 Å². The Labute approximate surface area is 86.5 Å². The van der Waals surface area contributed by atoms with Crippen molar-refractivity contribution in [3.8, 4) is 0 Å². The molecular weight excluding hydrogens is 198 g/mol. The minimum Gasteiger partial charge on any atom is -0.464 e. The molecule has 2 rings (SSSR count). The third-order valence-corrected chi connectivity index (χ3v) is 2.22. The second-order valence-corrected chi connectivity index (χ2v) is 3.31. The predicted molar refractivity (Wildman–Crippen MR) is 51.6 cm³/mol. The first kappa shape index (κ1) is 9.85. The summed E-state index contributed by atoms with van der Waals surface area (Å²) in [6, 6.07) is 0. The average molecular weight is 209 g/mol. The standard InChI is InChI=1S/C9H11N3O3/c1-15-9(14)7-2-11-8(3-10-7)12-4-6(13)5-12/h2-3,6,13H,4-5H2,1H3. The van der Waals surface area contributed by atoms with Gasteiger partial charge in [-0.05, 0) is 0 Å². The molecule has 0 amide bonds. The van der Waals surface area contributed by atoms with Gasteiger partial charge in [-0.1, -0.05) is 0 Å². The summed E-state index contributed by atoms with van der Waals surface area (Å²) in [7, 11) is 1.30. The van der Waals surface area contributed by atoms with Crippen molar-refractivity contribution in [2.24, 2.45) is 0 Å². The lowest BCUT2D eigenvalue weighted by molar-refractivity contribution is 0.0593. The number of nitrogens with zero attached hydrogens (tertiary/aromatic N) is 3. The van der Waals surface area contributed by atoms with Crippen LogP contribution < -0.4 is 4.90 Å². The summed E-state index contributed by atoms with van der Waals surface area (Å²) < 4.78 is 4.50. The molecule has 1 fully saturated rings. The van der Waals surface area contributed by atoms with E-state index in [-0.39, 0.29) is 11.8 Å². The van der Waals surface area contributed by atoms with Gasteiger partial charge < -0.3 is 14.7 Å². The number of ether oxygens (including phenoxy) is 1. The van der Waals surface area contributed by atoms with Crippen LogP contribution in [0.2, 0.25) is 0 Å². The van der Waals surface area contributed by atoms with Gasteiger partial charge in [0.1, 0.15) is 5.82 Å². The second-order valence-electron chi connectivity index (χ2n) is 3.31. The number of carbonyl (C=O) groups is 1. The molecule has 0 bridgehead atoms. The maximum atomic E-state index is 11.1. The Bertz CT molecular complexity index is 359. The summed E-state index contributed by atoms with van der Waals surface area (Å²) in [4.78, 5) is 20.9. The van der Waals surface area contributed by atoms with Gasteiger partial charge in [-0.3, -0.25) is 0 Å². The molecule has 0 atom stereocenters. The van der Waals surface area contributed by atoms with Crippen LogP contribution >= 0.6 is 0 Å². The van der Waals surface area contributed by atoms with Crippen molar-refractivity contribution in [2.75, 3.05) is 25.1 Å². The van der Waals surface area contributed by atoms with Gasteiger partial charge >= 0.3 is 5.97 Å². The summed E-state index contributed by atoms with van der Waals surface area (Å²) in [5.74, 6) is 0.158. The van der Waals surface area contributed by atoms with Crippen LogP contribution in [0.3, 0.4) is 0 Å². The van der Waals surface area contributed by atoms with E-state index in [1.807, 2.05) is 4.90 Å². The van der Waals surface area contributed by atoms with E-state index >= 15 is 0 Å². The Morgan fingerprint density at radius 3 is 2.73 bits per heavy atom. The fourth-order valence-electron chi connectivity index (χ4n) is 1.34. The van der Waals surface area contributed by atoms with Crippen LogP contribution in [-0.2, 0) is 4.74 Å². The minimum atomic E-state index is -0.502. The van der Waals surface area contributed by atoms with Crippen LogP contribution in [0.4, 0.5) is 5.82 Å². The average Bonchev–Trinajstić information content (AvgIpc) is 2.24. The van der Waals surface area contributed by atoms with Crippen molar-refractivity contribution >= 4 is 11.8 Å². The molecule has 1 aliphatic rings. The van der Waals surface area contributed by atoms with Gasteiger partial charge in [0, 0.05) is 13.1 Å². The molecular formula is C9H11N3O3. The number of aromatic nitrogens is 2. The van der Waals surface area contributed by atoms with Gasteiger partial charge in [-0.25, -0.2) is 14.8 Å². The van der Waals surface area contributed by atoms with E-state index in [0.717, 1.165) is 0 Å². The summed E-state index contributed by atoms with van der Waals surface area (Å²) in [5, 5.41) is 9.10. The summed E-state index contributed by atoms with van der Waals surface area (Å²) in [6.07, 6.45) is 2.58. The number of carbonyl (C=O) groups excluding carboxylic acids is 1. The lowest BCUT2D eigenvalue weighted by atomic mass is 10.2. The Balaban J connectivity index is 2.07. The number of hydrogen-bond acceptors (Lipinski definition) is 6. The Morgan fingerprint density at radius 2 is 2.27 bits per heavy atom. The molecule has 1 aromatic heterocycles. The first-order valence-corrected chi connectivity index (χ1v) is 4.54. The largest absolute Gasteiger partial charge is 0.464 e. The van der Waals surface area contributed by atoms with E-state index in [1.165, 1.54) is 19.5 Å². The highest BCUT2D eigenvalue weighted by molar-refractivity contribution is 5.86. The Morgan fingerprint density at radius 1 is 1.53 bits per heavy atom. The molecule has 0 saturated carbocycles. The van der Waals surface area contributed by atoms with E-state index in [0.29, 0.717) is 18.9 Å². The maximum absolute atomic E-state index is 11.1. The van der Waals surface area contributed by atoms with E-state index in [4.69, 9.17) is 5.11 Å². The van der Waals surface area contributed by atoms with Gasteiger partial charge in [0.2, 0.25) is 0 Å². The highest BCUT2D eigenvalue weighted by Crippen LogP contribution is 2.16.